The number of furan rings is 2. The molecule has 0 fully saturated rings. The van der Waals surface area contributed by atoms with E-state index in [1.54, 1.807) is 24.3 Å². The van der Waals surface area contributed by atoms with Crippen molar-refractivity contribution >= 4 is 17.6 Å². The summed E-state index contributed by atoms with van der Waals surface area (Å²) in [6.07, 6.45) is 3.40. The van der Waals surface area contributed by atoms with E-state index in [1.165, 1.54) is 41.8 Å². The van der Waals surface area contributed by atoms with Gasteiger partial charge in [-0.3, -0.25) is 9.59 Å². The van der Waals surface area contributed by atoms with Crippen LogP contribution in [-0.2, 0) is 20.7 Å². The second-order valence-corrected chi connectivity index (χ2v) is 6.46. The summed E-state index contributed by atoms with van der Waals surface area (Å²) in [4.78, 5) is 24.7. The summed E-state index contributed by atoms with van der Waals surface area (Å²) in [5.41, 5.74) is 1.19. The molecule has 0 radical (unpaired) electrons. The van der Waals surface area contributed by atoms with E-state index in [-0.39, 0.29) is 12.2 Å². The summed E-state index contributed by atoms with van der Waals surface area (Å²) >= 11 is 0. The van der Waals surface area contributed by atoms with Crippen LogP contribution in [0.1, 0.15) is 29.5 Å². The molecule has 1 aliphatic heterocycles. The molecule has 2 aromatic heterocycles. The van der Waals surface area contributed by atoms with Gasteiger partial charge < -0.3 is 13.6 Å². The van der Waals surface area contributed by atoms with Crippen molar-refractivity contribution in [3.63, 3.8) is 0 Å². The maximum absolute atomic E-state index is 12.9. The molecule has 7 nitrogen and oxygen atoms in total. The van der Waals surface area contributed by atoms with Gasteiger partial charge in [0.1, 0.15) is 29.1 Å². The molecule has 148 valence electrons. The van der Waals surface area contributed by atoms with Crippen molar-refractivity contribution in [2.24, 2.45) is 5.10 Å². The normalized spacial score (nSPS) is 16.0. The first-order valence-electron chi connectivity index (χ1n) is 8.97. The van der Waals surface area contributed by atoms with Crippen molar-refractivity contribution in [2.75, 3.05) is 6.61 Å². The molecule has 1 unspecified atom stereocenters. The summed E-state index contributed by atoms with van der Waals surface area (Å²) in [6, 6.07) is 12.0. The molecule has 1 aromatic carbocycles. The van der Waals surface area contributed by atoms with Gasteiger partial charge in [-0.05, 0) is 42.0 Å². The van der Waals surface area contributed by atoms with Gasteiger partial charge in [-0.15, -0.1) is 0 Å². The number of amides is 1. The van der Waals surface area contributed by atoms with E-state index in [1.807, 2.05) is 0 Å². The quantitative estimate of drug-likeness (QED) is 0.596. The van der Waals surface area contributed by atoms with Crippen molar-refractivity contribution in [1.29, 1.82) is 0 Å². The molecule has 1 atom stereocenters. The van der Waals surface area contributed by atoms with E-state index < -0.39 is 24.5 Å². The minimum absolute atomic E-state index is 0.0594. The third kappa shape index (κ3) is 4.26. The maximum atomic E-state index is 12.9. The number of esters is 1. The number of rotatable bonds is 6. The molecule has 0 saturated heterocycles. The van der Waals surface area contributed by atoms with Gasteiger partial charge >= 0.3 is 5.97 Å². The lowest BCUT2D eigenvalue weighted by Gasteiger charge is -2.19. The molecule has 0 N–H and O–H groups in total. The van der Waals surface area contributed by atoms with Crippen LogP contribution in [0.3, 0.4) is 0 Å². The van der Waals surface area contributed by atoms with Crippen LogP contribution in [0, 0.1) is 5.82 Å². The predicted octanol–water partition coefficient (Wildman–Crippen LogP) is 3.48. The Bertz CT molecular complexity index is 1010. The highest BCUT2D eigenvalue weighted by Gasteiger charge is 2.36. The number of nitrogens with zero attached hydrogens (tertiary/aromatic N) is 2. The first kappa shape index (κ1) is 18.7. The standard InChI is InChI=1S/C21H17FN2O5/c22-15-7-5-14(6-8-15)11-21(26)29-13-20(25)24-17(19-4-2-10-28-19)12-16(23-24)18-3-1-9-27-18/h1-10,17H,11-13H2. The molecule has 0 bridgehead atoms. The summed E-state index contributed by atoms with van der Waals surface area (Å²) in [7, 11) is 0. The average molecular weight is 396 g/mol. The van der Waals surface area contributed by atoms with Crippen LogP contribution < -0.4 is 0 Å². The van der Waals surface area contributed by atoms with Gasteiger partial charge in [0.25, 0.3) is 5.91 Å². The van der Waals surface area contributed by atoms with Crippen LogP contribution in [0.2, 0.25) is 0 Å². The average Bonchev–Trinajstić information content (AvgIpc) is 3.48. The Morgan fingerprint density at radius 2 is 1.86 bits per heavy atom. The topological polar surface area (TPSA) is 85.3 Å². The second kappa shape index (κ2) is 8.14. The van der Waals surface area contributed by atoms with Gasteiger partial charge in [0.15, 0.2) is 6.61 Å². The van der Waals surface area contributed by atoms with Crippen LogP contribution >= 0.6 is 0 Å². The number of hydrogen-bond donors (Lipinski definition) is 0. The molecule has 3 heterocycles. The second-order valence-electron chi connectivity index (χ2n) is 6.46. The fourth-order valence-electron chi connectivity index (χ4n) is 3.06. The lowest BCUT2D eigenvalue weighted by atomic mass is 10.1. The number of carbonyl (C=O) groups is 2. The fourth-order valence-corrected chi connectivity index (χ4v) is 3.06. The van der Waals surface area contributed by atoms with Crippen LogP contribution in [0.4, 0.5) is 4.39 Å². The third-order valence-electron chi connectivity index (χ3n) is 4.46. The van der Waals surface area contributed by atoms with Crippen molar-refractivity contribution < 1.29 is 27.6 Å². The van der Waals surface area contributed by atoms with Crippen molar-refractivity contribution in [3.05, 3.63) is 84.0 Å². The zero-order valence-electron chi connectivity index (χ0n) is 15.3. The van der Waals surface area contributed by atoms with E-state index >= 15 is 0 Å². The van der Waals surface area contributed by atoms with Crippen molar-refractivity contribution in [1.82, 2.24) is 5.01 Å². The number of halogens is 1. The van der Waals surface area contributed by atoms with Gasteiger partial charge in [0.2, 0.25) is 0 Å². The van der Waals surface area contributed by atoms with Crippen LogP contribution in [0.15, 0.2) is 75.0 Å². The molecule has 8 heteroatoms. The highest BCUT2D eigenvalue weighted by Crippen LogP contribution is 2.33. The molecular formula is C21H17FN2O5. The monoisotopic (exact) mass is 396 g/mol. The molecular weight excluding hydrogens is 379 g/mol. The highest BCUT2D eigenvalue weighted by molar-refractivity contribution is 6.01. The van der Waals surface area contributed by atoms with E-state index in [9.17, 15) is 14.0 Å². The molecule has 0 saturated carbocycles. The first-order valence-corrected chi connectivity index (χ1v) is 8.97. The molecule has 4 rings (SSSR count). The van der Waals surface area contributed by atoms with Crippen LogP contribution in [-0.4, -0.2) is 29.2 Å². The Morgan fingerprint density at radius 1 is 1.10 bits per heavy atom. The molecule has 3 aromatic rings. The lowest BCUT2D eigenvalue weighted by molar-refractivity contribution is -0.152. The summed E-state index contributed by atoms with van der Waals surface area (Å²) < 4.78 is 28.9. The Balaban J connectivity index is 1.42. The smallest absolute Gasteiger partial charge is 0.310 e. The number of ether oxygens (including phenoxy) is 1. The maximum Gasteiger partial charge on any atom is 0.310 e. The van der Waals surface area contributed by atoms with E-state index in [0.717, 1.165) is 0 Å². The van der Waals surface area contributed by atoms with E-state index in [4.69, 9.17) is 13.6 Å². The predicted molar refractivity (Wildman–Crippen MR) is 99.2 cm³/mol. The Morgan fingerprint density at radius 3 is 2.55 bits per heavy atom. The lowest BCUT2D eigenvalue weighted by Crippen LogP contribution is -2.31. The molecule has 0 spiro atoms. The highest BCUT2D eigenvalue weighted by atomic mass is 19.1. The molecule has 29 heavy (non-hydrogen) atoms. The van der Waals surface area contributed by atoms with Gasteiger partial charge in [-0.25, -0.2) is 9.40 Å². The van der Waals surface area contributed by atoms with Crippen molar-refractivity contribution in [3.8, 4) is 0 Å². The molecule has 0 aliphatic carbocycles. The summed E-state index contributed by atoms with van der Waals surface area (Å²) in [5.74, 6) is -0.332. The minimum Gasteiger partial charge on any atom is -0.467 e. The van der Waals surface area contributed by atoms with Gasteiger partial charge in [0, 0.05) is 6.42 Å². The summed E-state index contributed by atoms with van der Waals surface area (Å²) in [6.45, 7) is -0.466. The third-order valence-corrected chi connectivity index (χ3v) is 4.46. The molecule has 1 amide bonds. The minimum atomic E-state index is -0.589. The number of carbonyl (C=O) groups excluding carboxylic acids is 2. The van der Waals surface area contributed by atoms with E-state index in [0.29, 0.717) is 29.2 Å². The Kier molecular flexibility index (Phi) is 5.24. The van der Waals surface area contributed by atoms with E-state index in [2.05, 4.69) is 5.10 Å². The SMILES string of the molecule is O=C(Cc1ccc(F)cc1)OCC(=O)N1N=C(c2ccco2)CC1c1ccco1. The van der Waals surface area contributed by atoms with Gasteiger partial charge in [-0.2, -0.15) is 5.10 Å². The zero-order valence-corrected chi connectivity index (χ0v) is 15.3. The van der Waals surface area contributed by atoms with Crippen molar-refractivity contribution in [2.45, 2.75) is 18.9 Å². The largest absolute Gasteiger partial charge is 0.467 e. The number of hydrazone groups is 1. The van der Waals surface area contributed by atoms with Crippen LogP contribution in [0.5, 0.6) is 0 Å². The van der Waals surface area contributed by atoms with Crippen LogP contribution in [0.25, 0.3) is 0 Å². The van der Waals surface area contributed by atoms with Gasteiger partial charge in [-0.1, -0.05) is 12.1 Å². The zero-order chi connectivity index (χ0) is 20.2. The number of hydrogen-bond acceptors (Lipinski definition) is 6. The first-order chi connectivity index (χ1) is 14.1. The Hall–Kier alpha value is -3.68. The summed E-state index contributed by atoms with van der Waals surface area (Å²) in [5, 5.41) is 5.61. The van der Waals surface area contributed by atoms with Gasteiger partial charge in [0.05, 0.1) is 18.9 Å². The Labute approximate surface area is 165 Å². The fraction of sp³-hybridized carbons (Fsp3) is 0.190. The molecule has 1 aliphatic rings. The number of benzene rings is 1.